The first-order valence-corrected chi connectivity index (χ1v) is 9.70. The van der Waals surface area contributed by atoms with Crippen molar-refractivity contribution in [2.75, 3.05) is 26.8 Å². The Kier molecular flexibility index (Phi) is 5.11. The number of urea groups is 1. The molecule has 144 valence electrons. The van der Waals surface area contributed by atoms with Gasteiger partial charge in [0.05, 0.1) is 6.54 Å². The Morgan fingerprint density at radius 2 is 2.04 bits per heavy atom. The number of methoxy groups -OCH3 is 1. The van der Waals surface area contributed by atoms with Gasteiger partial charge in [-0.3, -0.25) is 0 Å². The summed E-state index contributed by atoms with van der Waals surface area (Å²) in [7, 11) is 1.73. The number of rotatable bonds is 6. The predicted molar refractivity (Wildman–Crippen MR) is 102 cm³/mol. The van der Waals surface area contributed by atoms with Crippen LogP contribution < -0.4 is 5.32 Å². The van der Waals surface area contributed by atoms with Gasteiger partial charge in [-0.25, -0.2) is 4.79 Å². The molecule has 0 unspecified atom stereocenters. The number of hydrogen-bond acceptors (Lipinski definition) is 4. The van der Waals surface area contributed by atoms with Gasteiger partial charge in [-0.1, -0.05) is 36.8 Å². The van der Waals surface area contributed by atoms with E-state index in [2.05, 4.69) is 20.1 Å². The number of carbonyl (C=O) groups excluding carboxylic acids is 1. The summed E-state index contributed by atoms with van der Waals surface area (Å²) in [6.45, 7) is 3.37. The van der Waals surface area contributed by atoms with Crippen LogP contribution in [0.3, 0.4) is 0 Å². The minimum atomic E-state index is -0.00537. The molecule has 0 bridgehead atoms. The molecule has 1 aliphatic carbocycles. The van der Waals surface area contributed by atoms with E-state index < -0.39 is 0 Å². The van der Waals surface area contributed by atoms with Gasteiger partial charge in [-0.15, -0.1) is 10.2 Å². The second-order valence-corrected chi connectivity index (χ2v) is 7.63. The summed E-state index contributed by atoms with van der Waals surface area (Å²) in [5.41, 5.74) is 1.28. The van der Waals surface area contributed by atoms with Crippen molar-refractivity contribution in [1.82, 2.24) is 25.0 Å². The molecule has 0 radical (unpaired) electrons. The third-order valence-corrected chi connectivity index (χ3v) is 5.94. The number of benzene rings is 1. The van der Waals surface area contributed by atoms with E-state index in [0.717, 1.165) is 43.3 Å². The lowest BCUT2D eigenvalue weighted by atomic mass is 9.67. The van der Waals surface area contributed by atoms with Crippen LogP contribution >= 0.6 is 0 Å². The molecule has 1 aliphatic heterocycles. The fraction of sp³-hybridized carbons (Fsp3) is 0.550. The molecule has 2 aromatic rings. The summed E-state index contributed by atoms with van der Waals surface area (Å²) < 4.78 is 7.35. The number of nitrogens with zero attached hydrogens (tertiary/aromatic N) is 4. The third kappa shape index (κ3) is 3.69. The highest BCUT2D eigenvalue weighted by molar-refractivity contribution is 5.74. The van der Waals surface area contributed by atoms with Crippen LogP contribution in [-0.2, 0) is 17.8 Å². The monoisotopic (exact) mass is 369 g/mol. The summed E-state index contributed by atoms with van der Waals surface area (Å²) >= 11 is 0. The van der Waals surface area contributed by atoms with Gasteiger partial charge in [0.15, 0.2) is 11.6 Å². The summed E-state index contributed by atoms with van der Waals surface area (Å²) in [4.78, 5) is 14.5. The lowest BCUT2D eigenvalue weighted by Crippen LogP contribution is -2.49. The van der Waals surface area contributed by atoms with E-state index in [9.17, 15) is 4.79 Å². The molecule has 2 aliphatic rings. The highest BCUT2D eigenvalue weighted by Crippen LogP contribution is 2.43. The van der Waals surface area contributed by atoms with Gasteiger partial charge >= 0.3 is 6.03 Å². The van der Waals surface area contributed by atoms with E-state index in [1.807, 2.05) is 35.2 Å². The molecule has 1 N–H and O–H groups in total. The Morgan fingerprint density at radius 3 is 2.74 bits per heavy atom. The first-order valence-electron chi connectivity index (χ1n) is 9.70. The maximum absolute atomic E-state index is 12.7. The van der Waals surface area contributed by atoms with Crippen LogP contribution in [0.25, 0.3) is 11.4 Å². The fourth-order valence-electron chi connectivity index (χ4n) is 4.02. The fourth-order valence-corrected chi connectivity index (χ4v) is 4.02. The molecular weight excluding hydrogens is 342 g/mol. The van der Waals surface area contributed by atoms with E-state index in [0.29, 0.717) is 13.1 Å². The van der Waals surface area contributed by atoms with Crippen LogP contribution in [0, 0.1) is 5.41 Å². The minimum absolute atomic E-state index is 0.00537. The summed E-state index contributed by atoms with van der Waals surface area (Å²) in [5.74, 6) is 1.71. The molecule has 2 amide bonds. The van der Waals surface area contributed by atoms with Gasteiger partial charge in [0.2, 0.25) is 0 Å². The number of nitrogens with one attached hydrogen (secondary N) is 1. The molecule has 4 rings (SSSR count). The molecule has 0 saturated heterocycles. The number of amides is 2. The molecule has 1 saturated carbocycles. The summed E-state index contributed by atoms with van der Waals surface area (Å²) in [6, 6.07) is 10.1. The number of hydrogen-bond donors (Lipinski definition) is 1. The van der Waals surface area contributed by atoms with Crippen molar-refractivity contribution in [3.8, 4) is 11.4 Å². The van der Waals surface area contributed by atoms with Crippen LogP contribution in [0.1, 0.15) is 31.5 Å². The molecule has 7 nitrogen and oxygen atoms in total. The lowest BCUT2D eigenvalue weighted by Gasteiger charge is -2.42. The maximum Gasteiger partial charge on any atom is 0.317 e. The third-order valence-electron chi connectivity index (χ3n) is 5.94. The number of aromatic nitrogens is 3. The number of ether oxygens (including phenoxy) is 1. The van der Waals surface area contributed by atoms with Crippen molar-refractivity contribution in [3.63, 3.8) is 0 Å². The first kappa shape index (κ1) is 18.0. The average molecular weight is 369 g/mol. The Bertz CT molecular complexity index is 785. The van der Waals surface area contributed by atoms with Crippen molar-refractivity contribution in [2.45, 2.75) is 38.8 Å². The SMILES string of the molecule is COCCC1(CNC(=O)N2CCn3c(nnc3-c3ccccc3)C2)CCC1. The van der Waals surface area contributed by atoms with Crippen molar-refractivity contribution < 1.29 is 9.53 Å². The van der Waals surface area contributed by atoms with Gasteiger partial charge in [-0.2, -0.15) is 0 Å². The van der Waals surface area contributed by atoms with E-state index in [-0.39, 0.29) is 11.4 Å². The van der Waals surface area contributed by atoms with Crippen LogP contribution in [0.4, 0.5) is 4.79 Å². The van der Waals surface area contributed by atoms with E-state index in [1.165, 1.54) is 19.3 Å². The quantitative estimate of drug-likeness (QED) is 0.850. The zero-order chi connectivity index (χ0) is 18.7. The molecule has 27 heavy (non-hydrogen) atoms. The summed E-state index contributed by atoms with van der Waals surface area (Å²) in [6.07, 6.45) is 4.60. The van der Waals surface area contributed by atoms with Gasteiger partial charge in [0, 0.05) is 38.9 Å². The summed E-state index contributed by atoms with van der Waals surface area (Å²) in [5, 5.41) is 11.8. The zero-order valence-corrected chi connectivity index (χ0v) is 15.9. The molecule has 0 spiro atoms. The van der Waals surface area contributed by atoms with E-state index in [1.54, 1.807) is 7.11 Å². The van der Waals surface area contributed by atoms with Crippen LogP contribution in [0.5, 0.6) is 0 Å². The highest BCUT2D eigenvalue weighted by atomic mass is 16.5. The van der Waals surface area contributed by atoms with Gasteiger partial charge in [-0.05, 0) is 24.7 Å². The first-order chi connectivity index (χ1) is 13.2. The second kappa shape index (κ2) is 7.68. The number of carbonyl (C=O) groups is 1. The second-order valence-electron chi connectivity index (χ2n) is 7.63. The molecule has 2 heterocycles. The van der Waals surface area contributed by atoms with Crippen molar-refractivity contribution in [3.05, 3.63) is 36.2 Å². The largest absolute Gasteiger partial charge is 0.385 e. The van der Waals surface area contributed by atoms with Crippen LogP contribution in [0.2, 0.25) is 0 Å². The van der Waals surface area contributed by atoms with Gasteiger partial charge in [0.25, 0.3) is 0 Å². The average Bonchev–Trinajstić information content (AvgIpc) is 3.10. The van der Waals surface area contributed by atoms with E-state index >= 15 is 0 Å². The Morgan fingerprint density at radius 1 is 1.22 bits per heavy atom. The normalized spacial score (nSPS) is 17.9. The molecule has 1 fully saturated rings. The Hall–Kier alpha value is -2.41. The van der Waals surface area contributed by atoms with Crippen molar-refractivity contribution in [1.29, 1.82) is 0 Å². The Labute approximate surface area is 159 Å². The minimum Gasteiger partial charge on any atom is -0.385 e. The number of fused-ring (bicyclic) bond motifs is 1. The Balaban J connectivity index is 1.37. The maximum atomic E-state index is 12.7. The molecule has 1 aromatic carbocycles. The molecule has 0 atom stereocenters. The standard InChI is InChI=1S/C20H27N5O2/c1-27-13-10-20(8-5-9-20)15-21-19(26)24-11-12-25-17(14-24)22-23-18(25)16-6-3-2-4-7-16/h2-4,6-7H,5,8-15H2,1H3,(H,21,26). The zero-order valence-electron chi connectivity index (χ0n) is 15.9. The highest BCUT2D eigenvalue weighted by Gasteiger charge is 2.37. The predicted octanol–water partition coefficient (Wildman–Crippen LogP) is 2.68. The lowest BCUT2D eigenvalue weighted by molar-refractivity contribution is 0.0688. The molecular formula is C20H27N5O2. The van der Waals surface area contributed by atoms with Crippen LogP contribution in [0.15, 0.2) is 30.3 Å². The van der Waals surface area contributed by atoms with Crippen molar-refractivity contribution >= 4 is 6.03 Å². The molecule has 7 heteroatoms. The van der Waals surface area contributed by atoms with Gasteiger partial charge < -0.3 is 19.5 Å². The molecule has 1 aromatic heterocycles. The van der Waals surface area contributed by atoms with Gasteiger partial charge in [0.1, 0.15) is 0 Å². The van der Waals surface area contributed by atoms with Crippen LogP contribution in [-0.4, -0.2) is 52.5 Å². The topological polar surface area (TPSA) is 72.3 Å². The van der Waals surface area contributed by atoms with E-state index in [4.69, 9.17) is 4.74 Å². The smallest absolute Gasteiger partial charge is 0.317 e. The van der Waals surface area contributed by atoms with Crippen molar-refractivity contribution in [2.24, 2.45) is 5.41 Å².